The van der Waals surface area contributed by atoms with Gasteiger partial charge < -0.3 is 24.0 Å². The topological polar surface area (TPSA) is 77.3 Å². The van der Waals surface area contributed by atoms with E-state index in [1.54, 1.807) is 33.5 Å². The first-order valence-electron chi connectivity index (χ1n) is 9.26. The molecular formula is C22H21N3O5. The molecule has 8 nitrogen and oxygen atoms in total. The average Bonchev–Trinajstić information content (AvgIpc) is 3.17. The van der Waals surface area contributed by atoms with E-state index in [1.165, 1.54) is 12.1 Å². The molecule has 0 spiro atoms. The minimum absolute atomic E-state index is 0.0627. The third kappa shape index (κ3) is 3.22. The van der Waals surface area contributed by atoms with Crippen LogP contribution in [0.25, 0.3) is 0 Å². The number of rotatable bonds is 6. The predicted molar refractivity (Wildman–Crippen MR) is 115 cm³/mol. The number of para-hydroxylation sites is 2. The van der Waals surface area contributed by atoms with Crippen molar-refractivity contribution >= 4 is 28.4 Å². The fourth-order valence-electron chi connectivity index (χ4n) is 3.63. The number of hydrogen-bond donors (Lipinski definition) is 0. The van der Waals surface area contributed by atoms with Gasteiger partial charge in [0.05, 0.1) is 43.3 Å². The highest BCUT2D eigenvalue weighted by Crippen LogP contribution is 2.48. The molecule has 0 fully saturated rings. The zero-order valence-electron chi connectivity index (χ0n) is 16.9. The molecule has 0 amide bonds. The Hall–Kier alpha value is -3.94. The van der Waals surface area contributed by atoms with E-state index in [1.807, 2.05) is 36.4 Å². The van der Waals surface area contributed by atoms with Gasteiger partial charge in [0.2, 0.25) is 5.75 Å². The summed E-state index contributed by atoms with van der Waals surface area (Å²) in [4.78, 5) is 14.8. The fraction of sp³-hybridized carbons (Fsp3) is 0.182. The second kappa shape index (κ2) is 7.82. The second-order valence-corrected chi connectivity index (χ2v) is 6.64. The van der Waals surface area contributed by atoms with Crippen LogP contribution in [0.1, 0.15) is 0 Å². The monoisotopic (exact) mass is 407 g/mol. The molecule has 4 rings (SSSR count). The average molecular weight is 407 g/mol. The van der Waals surface area contributed by atoms with E-state index in [9.17, 15) is 10.1 Å². The Morgan fingerprint density at radius 3 is 1.80 bits per heavy atom. The van der Waals surface area contributed by atoms with Crippen LogP contribution >= 0.6 is 0 Å². The van der Waals surface area contributed by atoms with E-state index >= 15 is 0 Å². The van der Waals surface area contributed by atoms with Crippen LogP contribution in [0.15, 0.2) is 60.7 Å². The third-order valence-electron chi connectivity index (χ3n) is 5.08. The van der Waals surface area contributed by atoms with Crippen LogP contribution in [0.3, 0.4) is 0 Å². The van der Waals surface area contributed by atoms with Crippen molar-refractivity contribution in [2.45, 2.75) is 0 Å². The minimum Gasteiger partial charge on any atom is -0.493 e. The van der Waals surface area contributed by atoms with Crippen molar-refractivity contribution in [2.24, 2.45) is 0 Å². The Morgan fingerprint density at radius 2 is 1.33 bits per heavy atom. The normalized spacial score (nSPS) is 12.5. The predicted octanol–water partition coefficient (Wildman–Crippen LogP) is 4.87. The molecule has 0 aromatic heterocycles. The molecule has 3 aromatic carbocycles. The number of nitro benzene ring substituents is 1. The van der Waals surface area contributed by atoms with Gasteiger partial charge in [0.25, 0.3) is 5.69 Å². The molecular weight excluding hydrogens is 386 g/mol. The lowest BCUT2D eigenvalue weighted by atomic mass is 10.2. The van der Waals surface area contributed by atoms with Crippen molar-refractivity contribution in [3.05, 3.63) is 70.8 Å². The summed E-state index contributed by atoms with van der Waals surface area (Å²) in [5.41, 5.74) is 3.81. The van der Waals surface area contributed by atoms with Crippen molar-refractivity contribution in [3.8, 4) is 17.2 Å². The maximum absolute atomic E-state index is 11.0. The van der Waals surface area contributed by atoms with Gasteiger partial charge >= 0.3 is 0 Å². The van der Waals surface area contributed by atoms with Crippen LogP contribution in [-0.2, 0) is 0 Å². The first-order chi connectivity index (χ1) is 14.6. The molecule has 0 saturated carbocycles. The van der Waals surface area contributed by atoms with Gasteiger partial charge in [-0.2, -0.15) is 0 Å². The highest BCUT2D eigenvalue weighted by Gasteiger charge is 2.29. The van der Waals surface area contributed by atoms with Gasteiger partial charge in [-0.1, -0.05) is 12.1 Å². The van der Waals surface area contributed by atoms with Gasteiger partial charge in [-0.05, 0) is 24.3 Å². The molecule has 0 aliphatic carbocycles. The number of fused-ring (bicyclic) bond motifs is 1. The quantitative estimate of drug-likeness (QED) is 0.426. The van der Waals surface area contributed by atoms with E-state index in [2.05, 4.69) is 9.80 Å². The SMILES string of the molecule is COc1cc(N2CN(c3ccc([N+](=O)[O-])cc3)c3ccccc32)cc(OC)c1OC. The summed E-state index contributed by atoms with van der Waals surface area (Å²) in [6.07, 6.45) is 0. The molecule has 8 heteroatoms. The van der Waals surface area contributed by atoms with Gasteiger partial charge in [0, 0.05) is 30.0 Å². The summed E-state index contributed by atoms with van der Waals surface area (Å²) in [5.74, 6) is 1.67. The molecule has 30 heavy (non-hydrogen) atoms. The van der Waals surface area contributed by atoms with Crippen LogP contribution in [0.4, 0.5) is 28.4 Å². The van der Waals surface area contributed by atoms with Crippen LogP contribution in [0, 0.1) is 10.1 Å². The highest BCUT2D eigenvalue weighted by molar-refractivity contribution is 5.87. The lowest BCUT2D eigenvalue weighted by molar-refractivity contribution is -0.384. The highest BCUT2D eigenvalue weighted by atomic mass is 16.6. The lowest BCUT2D eigenvalue weighted by Crippen LogP contribution is -2.24. The molecule has 1 heterocycles. The molecule has 0 saturated heterocycles. The standard InChI is InChI=1S/C22H21N3O5/c1-28-20-12-17(13-21(29-2)22(20)30-3)24-14-23(18-6-4-5-7-19(18)24)15-8-10-16(11-9-15)25(26)27/h4-13H,14H2,1-3H3. The van der Waals surface area contributed by atoms with Gasteiger partial charge in [0.1, 0.15) is 6.67 Å². The van der Waals surface area contributed by atoms with Crippen LogP contribution in [0.2, 0.25) is 0 Å². The van der Waals surface area contributed by atoms with E-state index in [-0.39, 0.29) is 5.69 Å². The fourth-order valence-corrected chi connectivity index (χ4v) is 3.63. The molecule has 154 valence electrons. The molecule has 0 N–H and O–H groups in total. The first-order valence-corrected chi connectivity index (χ1v) is 9.26. The van der Waals surface area contributed by atoms with Crippen molar-refractivity contribution in [3.63, 3.8) is 0 Å². The smallest absolute Gasteiger partial charge is 0.269 e. The van der Waals surface area contributed by atoms with Crippen LogP contribution in [-0.4, -0.2) is 32.9 Å². The van der Waals surface area contributed by atoms with Crippen molar-refractivity contribution in [2.75, 3.05) is 37.8 Å². The van der Waals surface area contributed by atoms with Gasteiger partial charge in [-0.3, -0.25) is 10.1 Å². The Kier molecular flexibility index (Phi) is 5.05. The molecule has 1 aliphatic heterocycles. The largest absolute Gasteiger partial charge is 0.493 e. The summed E-state index contributed by atoms with van der Waals surface area (Å²) in [7, 11) is 4.74. The van der Waals surface area contributed by atoms with E-state index in [4.69, 9.17) is 14.2 Å². The molecule has 0 bridgehead atoms. The Bertz CT molecular complexity index is 1060. The van der Waals surface area contributed by atoms with Gasteiger partial charge in [-0.25, -0.2) is 0 Å². The number of anilines is 4. The lowest BCUT2D eigenvalue weighted by Gasteiger charge is -2.23. The summed E-state index contributed by atoms with van der Waals surface area (Å²) >= 11 is 0. The van der Waals surface area contributed by atoms with Crippen molar-refractivity contribution in [1.82, 2.24) is 0 Å². The Labute approximate surface area is 174 Å². The zero-order valence-corrected chi connectivity index (χ0v) is 16.9. The zero-order chi connectivity index (χ0) is 21.3. The van der Waals surface area contributed by atoms with Crippen LogP contribution < -0.4 is 24.0 Å². The summed E-state index contributed by atoms with van der Waals surface area (Å²) in [5, 5.41) is 11.0. The minimum atomic E-state index is -0.399. The number of hydrogen-bond acceptors (Lipinski definition) is 7. The maximum Gasteiger partial charge on any atom is 0.269 e. The van der Waals surface area contributed by atoms with Crippen molar-refractivity contribution < 1.29 is 19.1 Å². The van der Waals surface area contributed by atoms with E-state index in [0.717, 1.165) is 22.7 Å². The summed E-state index contributed by atoms with van der Waals surface area (Å²) in [6.45, 7) is 0.524. The first kappa shape index (κ1) is 19.4. The summed E-state index contributed by atoms with van der Waals surface area (Å²) < 4.78 is 16.4. The Morgan fingerprint density at radius 1 is 0.800 bits per heavy atom. The van der Waals surface area contributed by atoms with Gasteiger partial charge in [-0.15, -0.1) is 0 Å². The van der Waals surface area contributed by atoms with E-state index < -0.39 is 4.92 Å². The number of ether oxygens (including phenoxy) is 3. The third-order valence-corrected chi connectivity index (χ3v) is 5.08. The van der Waals surface area contributed by atoms with Crippen molar-refractivity contribution in [1.29, 1.82) is 0 Å². The molecule has 1 aliphatic rings. The second-order valence-electron chi connectivity index (χ2n) is 6.64. The summed E-state index contributed by atoms with van der Waals surface area (Å²) in [6, 6.07) is 18.3. The molecule has 0 atom stereocenters. The molecule has 0 radical (unpaired) electrons. The number of methoxy groups -OCH3 is 3. The molecule has 0 unspecified atom stereocenters. The Balaban J connectivity index is 1.77. The number of benzene rings is 3. The van der Waals surface area contributed by atoms with Gasteiger partial charge in [0.15, 0.2) is 11.5 Å². The van der Waals surface area contributed by atoms with E-state index in [0.29, 0.717) is 23.9 Å². The van der Waals surface area contributed by atoms with Crippen LogP contribution in [0.5, 0.6) is 17.2 Å². The number of non-ortho nitro benzene ring substituents is 1. The molecule has 3 aromatic rings. The maximum atomic E-state index is 11.0. The number of nitro groups is 1. The number of nitrogens with zero attached hydrogens (tertiary/aromatic N) is 3.